The SMILES string of the molecule is CCCCCCCCCC(=O)N(CCC(=O)O)CC(=O)O. The number of carboxylic acid groups (broad SMARTS) is 2. The summed E-state index contributed by atoms with van der Waals surface area (Å²) in [7, 11) is 0. The minimum absolute atomic E-state index is 0.0447. The van der Waals surface area contributed by atoms with Crippen molar-refractivity contribution in [3.8, 4) is 0 Å². The number of nitrogens with zero attached hydrogens (tertiary/aromatic N) is 1. The van der Waals surface area contributed by atoms with Crippen molar-refractivity contribution in [3.05, 3.63) is 0 Å². The van der Waals surface area contributed by atoms with E-state index in [4.69, 9.17) is 10.2 Å². The lowest BCUT2D eigenvalue weighted by atomic mass is 10.1. The number of rotatable bonds is 13. The van der Waals surface area contributed by atoms with Gasteiger partial charge in [0.1, 0.15) is 6.54 Å². The molecule has 0 aromatic rings. The van der Waals surface area contributed by atoms with Crippen LogP contribution in [0.3, 0.4) is 0 Å². The van der Waals surface area contributed by atoms with E-state index in [0.29, 0.717) is 6.42 Å². The van der Waals surface area contributed by atoms with Gasteiger partial charge in [-0.3, -0.25) is 14.4 Å². The monoisotopic (exact) mass is 301 g/mol. The molecule has 0 fully saturated rings. The predicted molar refractivity (Wildman–Crippen MR) is 79.1 cm³/mol. The van der Waals surface area contributed by atoms with Gasteiger partial charge in [0.2, 0.25) is 5.91 Å². The summed E-state index contributed by atoms with van der Waals surface area (Å²) in [6.45, 7) is 1.69. The molecule has 6 heteroatoms. The van der Waals surface area contributed by atoms with E-state index in [1.54, 1.807) is 0 Å². The Morgan fingerprint density at radius 2 is 1.38 bits per heavy atom. The van der Waals surface area contributed by atoms with Crippen molar-refractivity contribution in [3.63, 3.8) is 0 Å². The van der Waals surface area contributed by atoms with E-state index >= 15 is 0 Å². The molecule has 0 atom stereocenters. The molecule has 0 heterocycles. The number of hydrogen-bond donors (Lipinski definition) is 2. The van der Waals surface area contributed by atoms with Gasteiger partial charge >= 0.3 is 11.9 Å². The summed E-state index contributed by atoms with van der Waals surface area (Å²) in [4.78, 5) is 34.2. The van der Waals surface area contributed by atoms with Crippen molar-refractivity contribution < 1.29 is 24.6 Å². The Morgan fingerprint density at radius 1 is 0.810 bits per heavy atom. The third-order valence-corrected chi connectivity index (χ3v) is 3.27. The minimum atomic E-state index is -1.12. The molecule has 0 bridgehead atoms. The number of unbranched alkanes of at least 4 members (excludes halogenated alkanes) is 6. The van der Waals surface area contributed by atoms with Crippen LogP contribution in [0.15, 0.2) is 0 Å². The number of carboxylic acids is 2. The van der Waals surface area contributed by atoms with Crippen molar-refractivity contribution in [2.75, 3.05) is 13.1 Å². The largest absolute Gasteiger partial charge is 0.481 e. The second-order valence-electron chi connectivity index (χ2n) is 5.22. The summed E-state index contributed by atoms with van der Waals surface area (Å²) < 4.78 is 0. The van der Waals surface area contributed by atoms with Crippen LogP contribution in [0.5, 0.6) is 0 Å². The molecular weight excluding hydrogens is 274 g/mol. The van der Waals surface area contributed by atoms with Gasteiger partial charge in [-0.15, -0.1) is 0 Å². The molecule has 0 aromatic heterocycles. The van der Waals surface area contributed by atoms with E-state index in [1.165, 1.54) is 25.7 Å². The average molecular weight is 301 g/mol. The Bertz CT molecular complexity index is 330. The zero-order valence-electron chi connectivity index (χ0n) is 12.8. The van der Waals surface area contributed by atoms with Crippen molar-refractivity contribution >= 4 is 17.8 Å². The first-order valence-electron chi connectivity index (χ1n) is 7.68. The second-order valence-corrected chi connectivity index (χ2v) is 5.22. The van der Waals surface area contributed by atoms with Crippen LogP contribution in [0.2, 0.25) is 0 Å². The maximum atomic E-state index is 11.9. The van der Waals surface area contributed by atoms with Gasteiger partial charge in [-0.25, -0.2) is 0 Å². The quantitative estimate of drug-likeness (QED) is 0.510. The van der Waals surface area contributed by atoms with Gasteiger partial charge in [-0.2, -0.15) is 0 Å². The number of carbonyl (C=O) groups excluding carboxylic acids is 1. The molecule has 6 nitrogen and oxygen atoms in total. The molecule has 122 valence electrons. The molecule has 0 aromatic carbocycles. The van der Waals surface area contributed by atoms with E-state index in [2.05, 4.69) is 6.92 Å². The molecule has 0 aliphatic carbocycles. The highest BCUT2D eigenvalue weighted by atomic mass is 16.4. The van der Waals surface area contributed by atoms with Crippen LogP contribution in [-0.4, -0.2) is 46.0 Å². The van der Waals surface area contributed by atoms with Gasteiger partial charge in [-0.05, 0) is 6.42 Å². The third-order valence-electron chi connectivity index (χ3n) is 3.27. The lowest BCUT2D eigenvalue weighted by Crippen LogP contribution is -2.37. The summed E-state index contributed by atoms with van der Waals surface area (Å²) in [5.41, 5.74) is 0. The number of carbonyl (C=O) groups is 3. The standard InChI is InChI=1S/C15H27NO5/c1-2-3-4-5-6-7-8-9-13(17)16(12-15(20)21)11-10-14(18)19/h2-12H2,1H3,(H,18,19)(H,20,21). The highest BCUT2D eigenvalue weighted by Crippen LogP contribution is 2.09. The third kappa shape index (κ3) is 11.9. The maximum Gasteiger partial charge on any atom is 0.323 e. The Morgan fingerprint density at radius 3 is 1.90 bits per heavy atom. The summed E-state index contributed by atoms with van der Waals surface area (Å²) in [5.74, 6) is -2.42. The van der Waals surface area contributed by atoms with E-state index in [-0.39, 0.29) is 18.9 Å². The van der Waals surface area contributed by atoms with Gasteiger partial charge in [-0.1, -0.05) is 45.4 Å². The van der Waals surface area contributed by atoms with Gasteiger partial charge in [0, 0.05) is 13.0 Å². The smallest absolute Gasteiger partial charge is 0.323 e. The first-order chi connectivity index (χ1) is 9.97. The van der Waals surface area contributed by atoms with E-state index in [1.807, 2.05) is 0 Å². The molecule has 21 heavy (non-hydrogen) atoms. The fourth-order valence-corrected chi connectivity index (χ4v) is 2.08. The maximum absolute atomic E-state index is 11.9. The summed E-state index contributed by atoms with van der Waals surface area (Å²) in [6.07, 6.45) is 7.66. The van der Waals surface area contributed by atoms with Gasteiger partial charge in [0.15, 0.2) is 0 Å². The second kappa shape index (κ2) is 12.2. The predicted octanol–water partition coefficient (Wildman–Crippen LogP) is 2.51. The fourth-order valence-electron chi connectivity index (χ4n) is 2.08. The molecule has 2 N–H and O–H groups in total. The van der Waals surface area contributed by atoms with Gasteiger partial charge in [0.05, 0.1) is 6.42 Å². The number of amides is 1. The van der Waals surface area contributed by atoms with Crippen LogP contribution < -0.4 is 0 Å². The molecule has 0 saturated carbocycles. The van der Waals surface area contributed by atoms with Crippen molar-refractivity contribution in [1.82, 2.24) is 4.90 Å². The van der Waals surface area contributed by atoms with Gasteiger partial charge < -0.3 is 15.1 Å². The van der Waals surface area contributed by atoms with E-state index in [0.717, 1.165) is 24.2 Å². The van der Waals surface area contributed by atoms with Crippen LogP contribution in [-0.2, 0) is 14.4 Å². The van der Waals surface area contributed by atoms with E-state index in [9.17, 15) is 14.4 Å². The van der Waals surface area contributed by atoms with Crippen LogP contribution in [0, 0.1) is 0 Å². The molecule has 0 aliphatic heterocycles. The summed E-state index contributed by atoms with van der Waals surface area (Å²) >= 11 is 0. The summed E-state index contributed by atoms with van der Waals surface area (Å²) in [5, 5.41) is 17.4. The molecule has 0 unspecified atom stereocenters. The number of aliphatic carboxylic acids is 2. The lowest BCUT2D eigenvalue weighted by molar-refractivity contribution is -0.146. The van der Waals surface area contributed by atoms with Gasteiger partial charge in [0.25, 0.3) is 0 Å². The van der Waals surface area contributed by atoms with Crippen molar-refractivity contribution in [2.24, 2.45) is 0 Å². The van der Waals surface area contributed by atoms with Crippen LogP contribution >= 0.6 is 0 Å². The highest BCUT2D eigenvalue weighted by molar-refractivity contribution is 5.81. The lowest BCUT2D eigenvalue weighted by Gasteiger charge is -2.19. The van der Waals surface area contributed by atoms with E-state index < -0.39 is 18.5 Å². The van der Waals surface area contributed by atoms with Crippen molar-refractivity contribution in [1.29, 1.82) is 0 Å². The average Bonchev–Trinajstić information content (AvgIpc) is 2.41. The Kier molecular flexibility index (Phi) is 11.3. The Hall–Kier alpha value is -1.59. The Labute approximate surface area is 126 Å². The topological polar surface area (TPSA) is 94.9 Å². The normalized spacial score (nSPS) is 10.3. The summed E-state index contributed by atoms with van der Waals surface area (Å²) in [6, 6.07) is 0. The number of hydrogen-bond acceptors (Lipinski definition) is 3. The molecule has 0 radical (unpaired) electrons. The molecule has 0 spiro atoms. The van der Waals surface area contributed by atoms with Crippen molar-refractivity contribution in [2.45, 2.75) is 64.7 Å². The minimum Gasteiger partial charge on any atom is -0.481 e. The fraction of sp³-hybridized carbons (Fsp3) is 0.800. The van der Waals surface area contributed by atoms with Crippen LogP contribution in [0.4, 0.5) is 0 Å². The molecular formula is C15H27NO5. The molecule has 0 rings (SSSR count). The first-order valence-corrected chi connectivity index (χ1v) is 7.68. The first kappa shape index (κ1) is 19.4. The molecule has 0 aliphatic rings. The molecule has 0 saturated heterocycles. The highest BCUT2D eigenvalue weighted by Gasteiger charge is 2.17. The molecule has 1 amide bonds. The van der Waals surface area contributed by atoms with Crippen LogP contribution in [0.1, 0.15) is 64.7 Å². The van der Waals surface area contributed by atoms with Crippen LogP contribution in [0.25, 0.3) is 0 Å². The Balaban J connectivity index is 3.93. The zero-order valence-corrected chi connectivity index (χ0v) is 12.8. The zero-order chi connectivity index (χ0) is 16.1.